The number of nitrogens with zero attached hydrogens (tertiary/aromatic N) is 2. The Morgan fingerprint density at radius 1 is 1.17 bits per heavy atom. The Morgan fingerprint density at radius 2 is 1.88 bits per heavy atom. The molecule has 1 aromatic heterocycles. The second kappa shape index (κ2) is 7.14. The number of benzene rings is 2. The minimum atomic E-state index is -0.233. The van der Waals surface area contributed by atoms with Gasteiger partial charge in [0.05, 0.1) is 13.5 Å². The van der Waals surface area contributed by atoms with Crippen LogP contribution in [0.4, 0.5) is 5.95 Å². The van der Waals surface area contributed by atoms with E-state index >= 15 is 0 Å². The lowest BCUT2D eigenvalue weighted by atomic mass is 10.1. The second-order valence-electron chi connectivity index (χ2n) is 5.00. The summed E-state index contributed by atoms with van der Waals surface area (Å²) in [6, 6.07) is 14.2. The molecule has 0 aliphatic rings. The van der Waals surface area contributed by atoms with Crippen LogP contribution in [0.2, 0.25) is 5.02 Å². The lowest BCUT2D eigenvalue weighted by molar-refractivity contribution is -0.115. The van der Waals surface area contributed by atoms with Gasteiger partial charge >= 0.3 is 0 Å². The van der Waals surface area contributed by atoms with E-state index in [0.717, 1.165) is 16.9 Å². The van der Waals surface area contributed by atoms with Crippen molar-refractivity contribution in [2.45, 2.75) is 6.42 Å². The van der Waals surface area contributed by atoms with Crippen molar-refractivity contribution in [3.8, 4) is 17.2 Å². The average molecular weight is 344 g/mol. The maximum absolute atomic E-state index is 12.0. The third-order valence-electron chi connectivity index (χ3n) is 3.29. The van der Waals surface area contributed by atoms with Crippen molar-refractivity contribution in [2.24, 2.45) is 0 Å². The molecule has 0 atom stereocenters. The fourth-order valence-electron chi connectivity index (χ4n) is 2.08. The summed E-state index contributed by atoms with van der Waals surface area (Å²) >= 11 is 5.84. The van der Waals surface area contributed by atoms with Crippen LogP contribution in [-0.2, 0) is 11.2 Å². The maximum atomic E-state index is 12.0. The van der Waals surface area contributed by atoms with E-state index in [-0.39, 0.29) is 18.3 Å². The molecule has 0 saturated carbocycles. The van der Waals surface area contributed by atoms with Crippen LogP contribution in [0.3, 0.4) is 0 Å². The fraction of sp³-hybridized carbons (Fsp3) is 0.118. The van der Waals surface area contributed by atoms with E-state index in [0.29, 0.717) is 10.9 Å². The predicted molar refractivity (Wildman–Crippen MR) is 90.1 cm³/mol. The molecule has 0 aliphatic heterocycles. The lowest BCUT2D eigenvalue weighted by Gasteiger charge is -2.03. The number of hydrogen-bond acceptors (Lipinski definition) is 5. The minimum Gasteiger partial charge on any atom is -0.497 e. The largest absolute Gasteiger partial charge is 0.497 e. The van der Waals surface area contributed by atoms with Crippen molar-refractivity contribution in [2.75, 3.05) is 12.4 Å². The normalized spacial score (nSPS) is 10.4. The summed E-state index contributed by atoms with van der Waals surface area (Å²) in [5.41, 5.74) is 1.58. The molecule has 1 N–H and O–H groups in total. The molecule has 6 nitrogen and oxygen atoms in total. The molecule has 0 radical (unpaired) electrons. The van der Waals surface area contributed by atoms with Crippen LogP contribution in [0.15, 0.2) is 53.1 Å². The summed E-state index contributed by atoms with van der Waals surface area (Å²) < 4.78 is 10.2. The number of carbonyl (C=O) groups excluding carboxylic acids is 1. The first-order valence-corrected chi connectivity index (χ1v) is 7.54. The van der Waals surface area contributed by atoms with E-state index in [1.54, 1.807) is 43.5 Å². The summed E-state index contributed by atoms with van der Waals surface area (Å²) in [5.74, 6) is 0.943. The molecule has 1 amide bonds. The highest BCUT2D eigenvalue weighted by Crippen LogP contribution is 2.21. The SMILES string of the molecule is COc1ccc(CC(=O)Nc2noc(-c3ccc(Cl)cc3)n2)cc1. The zero-order valence-corrected chi connectivity index (χ0v) is 13.6. The zero-order chi connectivity index (χ0) is 16.9. The Balaban J connectivity index is 1.63. The van der Waals surface area contributed by atoms with Gasteiger partial charge in [-0.1, -0.05) is 23.7 Å². The highest BCUT2D eigenvalue weighted by molar-refractivity contribution is 6.30. The summed E-state index contributed by atoms with van der Waals surface area (Å²) in [6.07, 6.45) is 0.203. The molecule has 0 fully saturated rings. The van der Waals surface area contributed by atoms with E-state index in [1.165, 1.54) is 0 Å². The Bertz CT molecular complexity index is 829. The van der Waals surface area contributed by atoms with Gasteiger partial charge in [-0.15, -0.1) is 0 Å². The number of ether oxygens (including phenoxy) is 1. The van der Waals surface area contributed by atoms with Gasteiger partial charge < -0.3 is 9.26 Å². The highest BCUT2D eigenvalue weighted by atomic mass is 35.5. The third kappa shape index (κ3) is 3.91. The number of amides is 1. The molecule has 0 aliphatic carbocycles. The zero-order valence-electron chi connectivity index (χ0n) is 12.8. The summed E-state index contributed by atoms with van der Waals surface area (Å²) in [6.45, 7) is 0. The van der Waals surface area contributed by atoms with E-state index < -0.39 is 0 Å². The van der Waals surface area contributed by atoms with Crippen molar-refractivity contribution in [1.29, 1.82) is 0 Å². The van der Waals surface area contributed by atoms with Crippen LogP contribution in [0.25, 0.3) is 11.5 Å². The molecule has 0 saturated heterocycles. The monoisotopic (exact) mass is 343 g/mol. The van der Waals surface area contributed by atoms with Gasteiger partial charge in [-0.3, -0.25) is 10.1 Å². The molecule has 1 heterocycles. The van der Waals surface area contributed by atoms with E-state index in [9.17, 15) is 4.79 Å². The van der Waals surface area contributed by atoms with E-state index in [1.807, 2.05) is 12.1 Å². The molecular formula is C17H14ClN3O3. The van der Waals surface area contributed by atoms with Crippen molar-refractivity contribution in [3.63, 3.8) is 0 Å². The molecule has 7 heteroatoms. The average Bonchev–Trinajstić information content (AvgIpc) is 3.04. The maximum Gasteiger partial charge on any atom is 0.270 e. The number of rotatable bonds is 5. The van der Waals surface area contributed by atoms with Gasteiger partial charge in [0.1, 0.15) is 5.75 Å². The number of hydrogen-bond donors (Lipinski definition) is 1. The second-order valence-corrected chi connectivity index (χ2v) is 5.44. The summed E-state index contributed by atoms with van der Waals surface area (Å²) in [5, 5.41) is 6.98. The molecule has 3 aromatic rings. The Morgan fingerprint density at radius 3 is 2.54 bits per heavy atom. The van der Waals surface area contributed by atoms with Gasteiger partial charge in [0.2, 0.25) is 5.91 Å². The van der Waals surface area contributed by atoms with Gasteiger partial charge in [-0.2, -0.15) is 4.98 Å². The molecule has 2 aromatic carbocycles. The van der Waals surface area contributed by atoms with Crippen LogP contribution in [0, 0.1) is 0 Å². The number of nitrogens with one attached hydrogen (secondary N) is 1. The molecular weight excluding hydrogens is 330 g/mol. The smallest absolute Gasteiger partial charge is 0.270 e. The van der Waals surface area contributed by atoms with Gasteiger partial charge in [-0.25, -0.2) is 0 Å². The van der Waals surface area contributed by atoms with Gasteiger partial charge in [0, 0.05) is 10.6 Å². The van der Waals surface area contributed by atoms with Crippen LogP contribution in [0.1, 0.15) is 5.56 Å². The van der Waals surface area contributed by atoms with Gasteiger partial charge in [0.15, 0.2) is 0 Å². The van der Waals surface area contributed by atoms with Crippen LogP contribution in [0.5, 0.6) is 5.75 Å². The van der Waals surface area contributed by atoms with Crippen LogP contribution >= 0.6 is 11.6 Å². The molecule has 0 bridgehead atoms. The fourth-order valence-corrected chi connectivity index (χ4v) is 2.21. The van der Waals surface area contributed by atoms with Gasteiger partial charge in [-0.05, 0) is 47.1 Å². The number of halogens is 1. The molecule has 3 rings (SSSR count). The Kier molecular flexibility index (Phi) is 4.77. The topological polar surface area (TPSA) is 77.2 Å². The molecule has 122 valence electrons. The first kappa shape index (κ1) is 16.0. The highest BCUT2D eigenvalue weighted by Gasteiger charge is 2.12. The standard InChI is InChI=1S/C17H14ClN3O3/c1-23-14-8-2-11(3-9-14)10-15(22)19-17-20-16(24-21-17)12-4-6-13(18)7-5-12/h2-9H,10H2,1H3,(H,19,21,22). The first-order valence-electron chi connectivity index (χ1n) is 7.16. The van der Waals surface area contributed by atoms with Crippen molar-refractivity contribution in [3.05, 3.63) is 59.1 Å². The molecule has 0 unspecified atom stereocenters. The van der Waals surface area contributed by atoms with Crippen molar-refractivity contribution >= 4 is 23.5 Å². The Hall–Kier alpha value is -2.86. The third-order valence-corrected chi connectivity index (χ3v) is 3.54. The van der Waals surface area contributed by atoms with Crippen molar-refractivity contribution in [1.82, 2.24) is 10.1 Å². The number of carbonyl (C=O) groups is 1. The Labute approximate surface area is 143 Å². The molecule has 24 heavy (non-hydrogen) atoms. The lowest BCUT2D eigenvalue weighted by Crippen LogP contribution is -2.15. The summed E-state index contributed by atoms with van der Waals surface area (Å²) in [7, 11) is 1.59. The number of anilines is 1. The predicted octanol–water partition coefficient (Wildman–Crippen LogP) is 3.58. The quantitative estimate of drug-likeness (QED) is 0.766. The summed E-state index contributed by atoms with van der Waals surface area (Å²) in [4.78, 5) is 16.2. The van der Waals surface area contributed by atoms with Crippen LogP contribution in [-0.4, -0.2) is 23.2 Å². The van der Waals surface area contributed by atoms with E-state index in [4.69, 9.17) is 20.9 Å². The first-order chi connectivity index (χ1) is 11.6. The molecule has 0 spiro atoms. The van der Waals surface area contributed by atoms with E-state index in [2.05, 4.69) is 15.5 Å². The van der Waals surface area contributed by atoms with Crippen LogP contribution < -0.4 is 10.1 Å². The van der Waals surface area contributed by atoms with Crippen molar-refractivity contribution < 1.29 is 14.1 Å². The minimum absolute atomic E-state index is 0.124. The number of methoxy groups -OCH3 is 1. The van der Waals surface area contributed by atoms with Gasteiger partial charge in [0.25, 0.3) is 11.8 Å². The number of aromatic nitrogens is 2.